The molecule has 1 aliphatic carbocycles. The molecule has 6 heteroatoms. The van der Waals surface area contributed by atoms with E-state index in [1.807, 2.05) is 12.3 Å². The molecule has 100 valence electrons. The summed E-state index contributed by atoms with van der Waals surface area (Å²) < 4.78 is 1.01. The van der Waals surface area contributed by atoms with Gasteiger partial charge in [0.1, 0.15) is 5.82 Å². The molecule has 0 unspecified atom stereocenters. The first kappa shape index (κ1) is 13.0. The van der Waals surface area contributed by atoms with Gasteiger partial charge in [-0.15, -0.1) is 11.3 Å². The highest BCUT2D eigenvalue weighted by Gasteiger charge is 2.29. The van der Waals surface area contributed by atoms with E-state index in [2.05, 4.69) is 38.1 Å². The van der Waals surface area contributed by atoms with E-state index >= 15 is 0 Å². The summed E-state index contributed by atoms with van der Waals surface area (Å²) in [6.45, 7) is 4.90. The van der Waals surface area contributed by atoms with Crippen molar-refractivity contribution in [2.75, 3.05) is 11.9 Å². The van der Waals surface area contributed by atoms with Gasteiger partial charge in [0.15, 0.2) is 10.8 Å². The van der Waals surface area contributed by atoms with Gasteiger partial charge in [0.05, 0.1) is 10.2 Å². The SMILES string of the molecule is CCNc1nc(-c2nc(C)cs2)nc(C2CC2)c1Br. The number of thiazole rings is 1. The van der Waals surface area contributed by atoms with E-state index in [0.29, 0.717) is 5.92 Å². The van der Waals surface area contributed by atoms with Crippen LogP contribution in [0.15, 0.2) is 9.85 Å². The Morgan fingerprint density at radius 3 is 2.74 bits per heavy atom. The van der Waals surface area contributed by atoms with E-state index in [1.165, 1.54) is 12.8 Å². The Balaban J connectivity index is 2.08. The Morgan fingerprint density at radius 1 is 1.37 bits per heavy atom. The van der Waals surface area contributed by atoms with Crippen molar-refractivity contribution in [2.45, 2.75) is 32.6 Å². The highest BCUT2D eigenvalue weighted by atomic mass is 79.9. The first-order valence-electron chi connectivity index (χ1n) is 6.42. The molecule has 1 aliphatic rings. The minimum absolute atomic E-state index is 0.578. The minimum Gasteiger partial charge on any atom is -0.369 e. The molecule has 0 bridgehead atoms. The molecule has 0 amide bonds. The molecule has 1 N–H and O–H groups in total. The van der Waals surface area contributed by atoms with Crippen molar-refractivity contribution in [2.24, 2.45) is 0 Å². The zero-order chi connectivity index (χ0) is 13.4. The van der Waals surface area contributed by atoms with Crippen LogP contribution in [0.5, 0.6) is 0 Å². The van der Waals surface area contributed by atoms with Crippen molar-refractivity contribution in [3.05, 3.63) is 21.2 Å². The van der Waals surface area contributed by atoms with Crippen LogP contribution < -0.4 is 5.32 Å². The Morgan fingerprint density at radius 2 is 2.16 bits per heavy atom. The van der Waals surface area contributed by atoms with Gasteiger partial charge in [0, 0.05) is 23.5 Å². The first-order valence-corrected chi connectivity index (χ1v) is 8.10. The lowest BCUT2D eigenvalue weighted by atomic mass is 10.2. The molecular formula is C13H15BrN4S. The molecule has 0 radical (unpaired) electrons. The Hall–Kier alpha value is -1.01. The Labute approximate surface area is 124 Å². The highest BCUT2D eigenvalue weighted by molar-refractivity contribution is 9.10. The van der Waals surface area contributed by atoms with Gasteiger partial charge in [-0.25, -0.2) is 15.0 Å². The molecule has 4 nitrogen and oxygen atoms in total. The Kier molecular flexibility index (Phi) is 3.54. The average molecular weight is 339 g/mol. The van der Waals surface area contributed by atoms with E-state index in [1.54, 1.807) is 11.3 Å². The fourth-order valence-corrected chi connectivity index (χ4v) is 3.30. The summed E-state index contributed by atoms with van der Waals surface area (Å²) >= 11 is 5.23. The van der Waals surface area contributed by atoms with Crippen LogP contribution in [0.25, 0.3) is 10.8 Å². The van der Waals surface area contributed by atoms with Crippen LogP contribution in [0.2, 0.25) is 0 Å². The smallest absolute Gasteiger partial charge is 0.191 e. The van der Waals surface area contributed by atoms with Gasteiger partial charge in [-0.3, -0.25) is 0 Å². The lowest BCUT2D eigenvalue weighted by molar-refractivity contribution is 0.971. The molecule has 2 aromatic heterocycles. The number of aryl methyl sites for hydroxylation is 1. The second-order valence-corrected chi connectivity index (χ2v) is 6.34. The topological polar surface area (TPSA) is 50.7 Å². The number of nitrogens with zero attached hydrogens (tertiary/aromatic N) is 3. The molecule has 1 fully saturated rings. The van der Waals surface area contributed by atoms with Crippen molar-refractivity contribution in [1.29, 1.82) is 0 Å². The van der Waals surface area contributed by atoms with Crippen molar-refractivity contribution in [3.8, 4) is 10.8 Å². The number of halogens is 1. The van der Waals surface area contributed by atoms with Crippen molar-refractivity contribution < 1.29 is 0 Å². The number of anilines is 1. The number of hydrogen-bond acceptors (Lipinski definition) is 5. The van der Waals surface area contributed by atoms with Gasteiger partial charge in [-0.1, -0.05) is 0 Å². The van der Waals surface area contributed by atoms with E-state index in [9.17, 15) is 0 Å². The molecule has 3 rings (SSSR count). The van der Waals surface area contributed by atoms with Crippen LogP contribution in [0.3, 0.4) is 0 Å². The van der Waals surface area contributed by atoms with Gasteiger partial charge in [0.2, 0.25) is 0 Å². The van der Waals surface area contributed by atoms with E-state index < -0.39 is 0 Å². The van der Waals surface area contributed by atoms with Crippen LogP contribution in [0.4, 0.5) is 5.82 Å². The van der Waals surface area contributed by atoms with Crippen LogP contribution in [-0.4, -0.2) is 21.5 Å². The van der Waals surface area contributed by atoms with E-state index in [4.69, 9.17) is 4.98 Å². The third kappa shape index (κ3) is 2.65. The number of rotatable bonds is 4. The summed E-state index contributed by atoms with van der Waals surface area (Å²) in [5, 5.41) is 6.22. The predicted octanol–water partition coefficient (Wildman–Crippen LogP) is 3.98. The summed E-state index contributed by atoms with van der Waals surface area (Å²) in [4.78, 5) is 13.8. The Bertz CT molecular complexity index is 607. The second kappa shape index (κ2) is 5.17. The number of aromatic nitrogens is 3. The van der Waals surface area contributed by atoms with Crippen LogP contribution in [-0.2, 0) is 0 Å². The standard InChI is InChI=1S/C13H15BrN4S/c1-3-15-11-9(14)10(8-4-5-8)17-12(18-11)13-16-7(2)6-19-13/h6,8H,3-5H2,1-2H3,(H,15,17,18). The molecule has 0 spiro atoms. The summed E-state index contributed by atoms with van der Waals surface area (Å²) in [5.41, 5.74) is 2.14. The average Bonchev–Trinajstić information content (AvgIpc) is 3.14. The van der Waals surface area contributed by atoms with Crippen molar-refractivity contribution in [3.63, 3.8) is 0 Å². The maximum atomic E-state index is 4.71. The van der Waals surface area contributed by atoms with Crippen molar-refractivity contribution in [1.82, 2.24) is 15.0 Å². The third-order valence-electron chi connectivity index (χ3n) is 3.00. The number of nitrogens with one attached hydrogen (secondary N) is 1. The van der Waals surface area contributed by atoms with E-state index in [0.717, 1.165) is 39.1 Å². The van der Waals surface area contributed by atoms with Gasteiger partial charge in [0.25, 0.3) is 0 Å². The molecule has 0 aromatic carbocycles. The van der Waals surface area contributed by atoms with Gasteiger partial charge >= 0.3 is 0 Å². The first-order chi connectivity index (χ1) is 9.19. The van der Waals surface area contributed by atoms with Gasteiger partial charge in [-0.05, 0) is 42.6 Å². The minimum atomic E-state index is 0.578. The lowest BCUT2D eigenvalue weighted by Gasteiger charge is -2.10. The summed E-state index contributed by atoms with van der Waals surface area (Å²) in [6, 6.07) is 0. The molecule has 19 heavy (non-hydrogen) atoms. The monoisotopic (exact) mass is 338 g/mol. The molecule has 0 saturated heterocycles. The zero-order valence-electron chi connectivity index (χ0n) is 10.9. The normalized spacial score (nSPS) is 14.7. The molecule has 0 atom stereocenters. The zero-order valence-corrected chi connectivity index (χ0v) is 13.3. The summed E-state index contributed by atoms with van der Waals surface area (Å²) in [6.07, 6.45) is 2.44. The fourth-order valence-electron chi connectivity index (χ4n) is 1.93. The molecule has 2 heterocycles. The fraction of sp³-hybridized carbons (Fsp3) is 0.462. The number of hydrogen-bond donors (Lipinski definition) is 1. The van der Waals surface area contributed by atoms with Gasteiger partial charge < -0.3 is 5.32 Å². The quantitative estimate of drug-likeness (QED) is 0.915. The van der Waals surface area contributed by atoms with Gasteiger partial charge in [-0.2, -0.15) is 0 Å². The maximum absolute atomic E-state index is 4.71. The predicted molar refractivity (Wildman–Crippen MR) is 81.7 cm³/mol. The largest absolute Gasteiger partial charge is 0.369 e. The molecular weight excluding hydrogens is 324 g/mol. The summed E-state index contributed by atoms with van der Waals surface area (Å²) in [5.74, 6) is 2.19. The van der Waals surface area contributed by atoms with Crippen LogP contribution in [0.1, 0.15) is 37.1 Å². The van der Waals surface area contributed by atoms with Crippen LogP contribution >= 0.6 is 27.3 Å². The maximum Gasteiger partial charge on any atom is 0.191 e. The van der Waals surface area contributed by atoms with Crippen molar-refractivity contribution >= 4 is 33.1 Å². The molecule has 1 saturated carbocycles. The second-order valence-electron chi connectivity index (χ2n) is 4.69. The van der Waals surface area contributed by atoms with Crippen LogP contribution in [0, 0.1) is 6.92 Å². The molecule has 2 aromatic rings. The third-order valence-corrected chi connectivity index (χ3v) is 4.73. The highest BCUT2D eigenvalue weighted by Crippen LogP contribution is 2.44. The van der Waals surface area contributed by atoms with E-state index in [-0.39, 0.29) is 0 Å². The lowest BCUT2D eigenvalue weighted by Crippen LogP contribution is -2.05. The summed E-state index contributed by atoms with van der Waals surface area (Å²) in [7, 11) is 0. The molecule has 0 aliphatic heterocycles.